The molecule has 1 N–H and O–H groups in total. The highest BCUT2D eigenvalue weighted by Gasteiger charge is 2.21. The normalized spacial score (nSPS) is 22.5. The summed E-state index contributed by atoms with van der Waals surface area (Å²) in [5.74, 6) is 0. The van der Waals surface area contributed by atoms with E-state index in [4.69, 9.17) is 0 Å². The van der Waals surface area contributed by atoms with Gasteiger partial charge in [0.05, 0.1) is 5.69 Å². The van der Waals surface area contributed by atoms with Crippen molar-refractivity contribution in [3.8, 4) is 0 Å². The van der Waals surface area contributed by atoms with Crippen LogP contribution in [0.3, 0.4) is 0 Å². The number of hydrogen-bond acceptors (Lipinski definition) is 5. The third-order valence-corrected chi connectivity index (χ3v) is 4.45. The Bertz CT molecular complexity index is 366. The van der Waals surface area contributed by atoms with E-state index < -0.39 is 0 Å². The zero-order valence-corrected chi connectivity index (χ0v) is 12.5. The van der Waals surface area contributed by atoms with Crippen molar-refractivity contribution in [1.82, 2.24) is 20.1 Å². The summed E-state index contributed by atoms with van der Waals surface area (Å²) in [5.41, 5.74) is 1.23. The molecule has 1 atom stereocenters. The monoisotopic (exact) mass is 268 g/mol. The summed E-state index contributed by atoms with van der Waals surface area (Å²) in [5, 5.41) is 6.73. The molecular weight excluding hydrogens is 244 g/mol. The second-order valence-corrected chi connectivity index (χ2v) is 6.02. The minimum atomic E-state index is 0.651. The minimum Gasteiger partial charge on any atom is -0.311 e. The van der Waals surface area contributed by atoms with Gasteiger partial charge in [-0.05, 0) is 20.5 Å². The number of piperazine rings is 1. The van der Waals surface area contributed by atoms with Gasteiger partial charge < -0.3 is 10.2 Å². The molecular formula is C13H24N4S. The van der Waals surface area contributed by atoms with Crippen molar-refractivity contribution in [2.75, 3.05) is 33.2 Å². The molecule has 0 radical (unpaired) electrons. The van der Waals surface area contributed by atoms with Crippen molar-refractivity contribution in [1.29, 1.82) is 0 Å². The lowest BCUT2D eigenvalue weighted by molar-refractivity contribution is 0.0992. The molecule has 0 amide bonds. The Kier molecular flexibility index (Phi) is 5.12. The van der Waals surface area contributed by atoms with Crippen LogP contribution in [0.15, 0.2) is 5.38 Å². The van der Waals surface area contributed by atoms with E-state index >= 15 is 0 Å². The van der Waals surface area contributed by atoms with E-state index in [1.54, 1.807) is 11.3 Å². The van der Waals surface area contributed by atoms with Gasteiger partial charge in [-0.15, -0.1) is 11.3 Å². The SMILES string of the molecule is CCNCc1nc(CN2CCN(C)C(C)C2)cs1. The van der Waals surface area contributed by atoms with Gasteiger partial charge in [0.1, 0.15) is 5.01 Å². The summed E-state index contributed by atoms with van der Waals surface area (Å²) in [6.45, 7) is 10.8. The van der Waals surface area contributed by atoms with E-state index in [0.29, 0.717) is 6.04 Å². The summed E-state index contributed by atoms with van der Waals surface area (Å²) in [4.78, 5) is 9.62. The van der Waals surface area contributed by atoms with Gasteiger partial charge in [-0.3, -0.25) is 4.90 Å². The average Bonchev–Trinajstić information content (AvgIpc) is 2.79. The number of hydrogen-bond donors (Lipinski definition) is 1. The van der Waals surface area contributed by atoms with Crippen LogP contribution in [0.25, 0.3) is 0 Å². The average molecular weight is 268 g/mol. The molecule has 2 heterocycles. The number of likely N-dealkylation sites (N-methyl/N-ethyl adjacent to an activating group) is 1. The molecule has 102 valence electrons. The lowest BCUT2D eigenvalue weighted by Crippen LogP contribution is -2.49. The zero-order valence-electron chi connectivity index (χ0n) is 11.6. The van der Waals surface area contributed by atoms with E-state index in [9.17, 15) is 0 Å². The first-order valence-electron chi connectivity index (χ1n) is 6.75. The molecule has 1 aliphatic rings. The summed E-state index contributed by atoms with van der Waals surface area (Å²) in [6.07, 6.45) is 0. The predicted molar refractivity (Wildman–Crippen MR) is 76.9 cm³/mol. The maximum absolute atomic E-state index is 4.69. The van der Waals surface area contributed by atoms with Crippen molar-refractivity contribution >= 4 is 11.3 Å². The van der Waals surface area contributed by atoms with Crippen LogP contribution in [0.4, 0.5) is 0 Å². The Hall–Kier alpha value is -0.490. The van der Waals surface area contributed by atoms with Crippen molar-refractivity contribution in [2.24, 2.45) is 0 Å². The zero-order chi connectivity index (χ0) is 13.0. The van der Waals surface area contributed by atoms with Crippen LogP contribution >= 0.6 is 11.3 Å². The molecule has 5 heteroatoms. The summed E-state index contributed by atoms with van der Waals surface area (Å²) >= 11 is 1.77. The third-order valence-electron chi connectivity index (χ3n) is 3.55. The van der Waals surface area contributed by atoms with Gasteiger partial charge in [-0.25, -0.2) is 4.98 Å². The lowest BCUT2D eigenvalue weighted by atomic mass is 10.2. The second-order valence-electron chi connectivity index (χ2n) is 5.08. The van der Waals surface area contributed by atoms with Crippen LogP contribution in [-0.4, -0.2) is 54.1 Å². The fourth-order valence-electron chi connectivity index (χ4n) is 2.23. The first-order valence-corrected chi connectivity index (χ1v) is 7.63. The number of aromatic nitrogens is 1. The fourth-order valence-corrected chi connectivity index (χ4v) is 2.99. The topological polar surface area (TPSA) is 31.4 Å². The lowest BCUT2D eigenvalue weighted by Gasteiger charge is -2.37. The maximum Gasteiger partial charge on any atom is 0.107 e. The fraction of sp³-hybridized carbons (Fsp3) is 0.769. The van der Waals surface area contributed by atoms with Crippen LogP contribution in [0.2, 0.25) is 0 Å². The molecule has 1 aromatic rings. The Labute approximate surface area is 114 Å². The molecule has 1 aliphatic heterocycles. The quantitative estimate of drug-likeness (QED) is 0.874. The number of rotatable bonds is 5. The van der Waals surface area contributed by atoms with Gasteiger partial charge in [-0.1, -0.05) is 6.92 Å². The van der Waals surface area contributed by atoms with Gasteiger partial charge >= 0.3 is 0 Å². The second kappa shape index (κ2) is 6.61. The number of nitrogens with one attached hydrogen (secondary N) is 1. The molecule has 1 unspecified atom stereocenters. The van der Waals surface area contributed by atoms with Crippen LogP contribution in [-0.2, 0) is 13.1 Å². The minimum absolute atomic E-state index is 0.651. The first-order chi connectivity index (χ1) is 8.69. The summed E-state index contributed by atoms with van der Waals surface area (Å²) in [6, 6.07) is 0.651. The molecule has 1 fully saturated rings. The molecule has 0 spiro atoms. The van der Waals surface area contributed by atoms with Crippen molar-refractivity contribution in [3.05, 3.63) is 16.1 Å². The van der Waals surface area contributed by atoms with Crippen molar-refractivity contribution in [3.63, 3.8) is 0 Å². The molecule has 0 bridgehead atoms. The molecule has 18 heavy (non-hydrogen) atoms. The van der Waals surface area contributed by atoms with Crippen LogP contribution in [0.5, 0.6) is 0 Å². The molecule has 0 saturated carbocycles. The van der Waals surface area contributed by atoms with Gasteiger partial charge in [0, 0.05) is 44.1 Å². The van der Waals surface area contributed by atoms with Crippen LogP contribution in [0, 0.1) is 0 Å². The predicted octanol–water partition coefficient (Wildman–Crippen LogP) is 1.39. The molecule has 2 rings (SSSR count). The third kappa shape index (κ3) is 3.75. The highest BCUT2D eigenvalue weighted by Crippen LogP contribution is 2.14. The molecule has 1 saturated heterocycles. The van der Waals surface area contributed by atoms with Gasteiger partial charge in [-0.2, -0.15) is 0 Å². The van der Waals surface area contributed by atoms with Gasteiger partial charge in [0.25, 0.3) is 0 Å². The molecule has 1 aromatic heterocycles. The summed E-state index contributed by atoms with van der Waals surface area (Å²) < 4.78 is 0. The highest BCUT2D eigenvalue weighted by atomic mass is 32.1. The Morgan fingerprint density at radius 1 is 1.50 bits per heavy atom. The largest absolute Gasteiger partial charge is 0.311 e. The Morgan fingerprint density at radius 3 is 3.06 bits per heavy atom. The van der Waals surface area contributed by atoms with Gasteiger partial charge in [0.15, 0.2) is 0 Å². The molecule has 0 aliphatic carbocycles. The van der Waals surface area contributed by atoms with E-state index in [1.165, 1.54) is 10.7 Å². The molecule has 4 nitrogen and oxygen atoms in total. The van der Waals surface area contributed by atoms with Crippen molar-refractivity contribution < 1.29 is 0 Å². The summed E-state index contributed by atoms with van der Waals surface area (Å²) in [7, 11) is 2.21. The van der Waals surface area contributed by atoms with E-state index in [-0.39, 0.29) is 0 Å². The maximum atomic E-state index is 4.69. The molecule has 0 aromatic carbocycles. The van der Waals surface area contributed by atoms with Crippen LogP contribution < -0.4 is 5.32 Å². The van der Waals surface area contributed by atoms with E-state index in [1.807, 2.05) is 0 Å². The van der Waals surface area contributed by atoms with E-state index in [2.05, 4.69) is 46.4 Å². The van der Waals surface area contributed by atoms with Crippen LogP contribution in [0.1, 0.15) is 24.5 Å². The highest BCUT2D eigenvalue weighted by molar-refractivity contribution is 7.09. The number of nitrogens with zero attached hydrogens (tertiary/aromatic N) is 3. The Balaban J connectivity index is 1.84. The van der Waals surface area contributed by atoms with Gasteiger partial charge in [0.2, 0.25) is 0 Å². The van der Waals surface area contributed by atoms with Crippen molar-refractivity contribution in [2.45, 2.75) is 33.0 Å². The first kappa shape index (κ1) is 13.9. The Morgan fingerprint density at radius 2 is 2.33 bits per heavy atom. The number of thiazole rings is 1. The smallest absolute Gasteiger partial charge is 0.107 e. The standard InChI is InChI=1S/C13H24N4S/c1-4-14-7-13-15-12(10-18-13)9-17-6-5-16(3)11(2)8-17/h10-11,14H,4-9H2,1-3H3. The van der Waals surface area contributed by atoms with E-state index in [0.717, 1.165) is 39.3 Å².